The fourth-order valence-electron chi connectivity index (χ4n) is 2.29. The molecule has 0 atom stereocenters. The van der Waals surface area contributed by atoms with Crippen LogP contribution in [-0.2, 0) is 4.74 Å². The molecule has 0 saturated carbocycles. The van der Waals surface area contributed by atoms with Gasteiger partial charge < -0.3 is 15.4 Å². The molecule has 1 aromatic rings. The van der Waals surface area contributed by atoms with Crippen molar-refractivity contribution in [3.05, 3.63) is 24.0 Å². The van der Waals surface area contributed by atoms with E-state index in [0.717, 1.165) is 38.3 Å². The summed E-state index contributed by atoms with van der Waals surface area (Å²) in [5, 5.41) is 0. The van der Waals surface area contributed by atoms with Crippen LogP contribution < -0.4 is 10.6 Å². The summed E-state index contributed by atoms with van der Waals surface area (Å²) in [6.45, 7) is 2.63. The minimum atomic E-state index is -0.286. The lowest BCUT2D eigenvalue weighted by Gasteiger charge is -2.29. The molecular weight excluding hydrogens is 219 g/mol. The van der Waals surface area contributed by atoms with Crippen molar-refractivity contribution in [2.45, 2.75) is 12.8 Å². The highest BCUT2D eigenvalue weighted by Gasteiger charge is 2.17. The Morgan fingerprint density at radius 2 is 2.12 bits per heavy atom. The second kappa shape index (κ2) is 5.36. The number of hydrogen-bond acceptors (Lipinski definition) is 3. The predicted octanol–water partition coefficient (Wildman–Crippen LogP) is 2.27. The van der Waals surface area contributed by atoms with Gasteiger partial charge in [-0.25, -0.2) is 4.39 Å². The van der Waals surface area contributed by atoms with Crippen LogP contribution in [0, 0.1) is 11.7 Å². The molecule has 0 aliphatic carbocycles. The van der Waals surface area contributed by atoms with E-state index in [0.29, 0.717) is 11.6 Å². The van der Waals surface area contributed by atoms with Crippen molar-refractivity contribution in [3.8, 4) is 0 Å². The Hall–Kier alpha value is -1.29. The van der Waals surface area contributed by atoms with E-state index in [1.165, 1.54) is 12.1 Å². The van der Waals surface area contributed by atoms with E-state index >= 15 is 0 Å². The molecule has 1 heterocycles. The van der Waals surface area contributed by atoms with Crippen LogP contribution in [0.2, 0.25) is 0 Å². The Bertz CT molecular complexity index is 378. The standard InChI is InChI=1S/C13H19FN2O/c1-16(9-10-4-6-17-7-5-10)13-3-2-11(14)8-12(13)15/h2-3,8,10H,4-7,9,15H2,1H3. The molecule has 4 heteroatoms. The van der Waals surface area contributed by atoms with E-state index < -0.39 is 0 Å². The van der Waals surface area contributed by atoms with Crippen LogP contribution in [0.15, 0.2) is 18.2 Å². The van der Waals surface area contributed by atoms with Gasteiger partial charge in [0.25, 0.3) is 0 Å². The van der Waals surface area contributed by atoms with Gasteiger partial charge in [-0.1, -0.05) is 0 Å². The molecule has 0 radical (unpaired) electrons. The smallest absolute Gasteiger partial charge is 0.125 e. The summed E-state index contributed by atoms with van der Waals surface area (Å²) in [7, 11) is 2.00. The Morgan fingerprint density at radius 3 is 2.76 bits per heavy atom. The van der Waals surface area contributed by atoms with E-state index in [1.54, 1.807) is 6.07 Å². The van der Waals surface area contributed by atoms with Gasteiger partial charge >= 0.3 is 0 Å². The third-order valence-corrected chi connectivity index (χ3v) is 3.27. The summed E-state index contributed by atoms with van der Waals surface area (Å²) in [6.07, 6.45) is 2.18. The molecular formula is C13H19FN2O. The number of nitrogens with two attached hydrogens (primary N) is 1. The van der Waals surface area contributed by atoms with Crippen molar-refractivity contribution in [2.24, 2.45) is 5.92 Å². The molecule has 1 fully saturated rings. The molecule has 17 heavy (non-hydrogen) atoms. The topological polar surface area (TPSA) is 38.5 Å². The van der Waals surface area contributed by atoms with E-state index in [-0.39, 0.29) is 5.82 Å². The van der Waals surface area contributed by atoms with E-state index in [9.17, 15) is 4.39 Å². The number of anilines is 2. The first kappa shape index (κ1) is 12.2. The summed E-state index contributed by atoms with van der Waals surface area (Å²) in [4.78, 5) is 2.10. The maximum absolute atomic E-state index is 13.0. The monoisotopic (exact) mass is 238 g/mol. The van der Waals surface area contributed by atoms with Gasteiger partial charge in [0.2, 0.25) is 0 Å². The molecule has 0 unspecified atom stereocenters. The van der Waals surface area contributed by atoms with Gasteiger partial charge in [-0.2, -0.15) is 0 Å². The van der Waals surface area contributed by atoms with Crippen molar-refractivity contribution in [3.63, 3.8) is 0 Å². The van der Waals surface area contributed by atoms with E-state index in [1.807, 2.05) is 7.05 Å². The highest BCUT2D eigenvalue weighted by atomic mass is 19.1. The summed E-state index contributed by atoms with van der Waals surface area (Å²) in [6, 6.07) is 4.56. The minimum absolute atomic E-state index is 0.286. The molecule has 1 saturated heterocycles. The van der Waals surface area contributed by atoms with Crippen molar-refractivity contribution in [1.82, 2.24) is 0 Å². The maximum Gasteiger partial charge on any atom is 0.125 e. The quantitative estimate of drug-likeness (QED) is 0.821. The molecule has 0 amide bonds. The Morgan fingerprint density at radius 1 is 1.41 bits per heavy atom. The first-order chi connectivity index (χ1) is 8.16. The van der Waals surface area contributed by atoms with Crippen molar-refractivity contribution in [2.75, 3.05) is 37.4 Å². The van der Waals surface area contributed by atoms with E-state index in [4.69, 9.17) is 10.5 Å². The van der Waals surface area contributed by atoms with Crippen molar-refractivity contribution < 1.29 is 9.13 Å². The summed E-state index contributed by atoms with van der Waals surface area (Å²) >= 11 is 0. The number of rotatable bonds is 3. The first-order valence-electron chi connectivity index (χ1n) is 6.00. The summed E-state index contributed by atoms with van der Waals surface area (Å²) in [5.74, 6) is 0.351. The lowest BCUT2D eigenvalue weighted by Crippen LogP contribution is -2.30. The predicted molar refractivity (Wildman–Crippen MR) is 67.6 cm³/mol. The number of halogens is 1. The highest BCUT2D eigenvalue weighted by molar-refractivity contribution is 5.67. The van der Waals surface area contributed by atoms with Gasteiger partial charge in [0, 0.05) is 26.8 Å². The Balaban J connectivity index is 2.00. The number of nitrogens with zero attached hydrogens (tertiary/aromatic N) is 1. The van der Waals surface area contributed by atoms with Gasteiger partial charge in [0.05, 0.1) is 11.4 Å². The number of benzene rings is 1. The largest absolute Gasteiger partial charge is 0.397 e. The summed E-state index contributed by atoms with van der Waals surface area (Å²) < 4.78 is 18.3. The zero-order chi connectivity index (χ0) is 12.3. The van der Waals surface area contributed by atoms with E-state index in [2.05, 4.69) is 4.90 Å². The van der Waals surface area contributed by atoms with Crippen molar-refractivity contribution >= 4 is 11.4 Å². The number of hydrogen-bond donors (Lipinski definition) is 1. The average molecular weight is 238 g/mol. The van der Waals surface area contributed by atoms with Crippen LogP contribution >= 0.6 is 0 Å². The third-order valence-electron chi connectivity index (χ3n) is 3.27. The number of nitrogen functional groups attached to an aromatic ring is 1. The Labute approximate surface area is 101 Å². The highest BCUT2D eigenvalue weighted by Crippen LogP contribution is 2.25. The van der Waals surface area contributed by atoms with Crippen LogP contribution in [0.25, 0.3) is 0 Å². The minimum Gasteiger partial charge on any atom is -0.397 e. The molecule has 2 rings (SSSR count). The second-order valence-electron chi connectivity index (χ2n) is 4.64. The fourth-order valence-corrected chi connectivity index (χ4v) is 2.29. The second-order valence-corrected chi connectivity index (χ2v) is 4.64. The van der Waals surface area contributed by atoms with Crippen LogP contribution in [0.4, 0.5) is 15.8 Å². The third kappa shape index (κ3) is 3.09. The molecule has 2 N–H and O–H groups in total. The maximum atomic E-state index is 13.0. The van der Waals surface area contributed by atoms with Gasteiger partial charge in [-0.15, -0.1) is 0 Å². The molecule has 94 valence electrons. The molecule has 0 aromatic heterocycles. The van der Waals surface area contributed by atoms with Gasteiger partial charge in [-0.3, -0.25) is 0 Å². The fraction of sp³-hybridized carbons (Fsp3) is 0.538. The zero-order valence-electron chi connectivity index (χ0n) is 10.2. The van der Waals surface area contributed by atoms with Crippen LogP contribution in [0.5, 0.6) is 0 Å². The first-order valence-corrected chi connectivity index (χ1v) is 6.00. The van der Waals surface area contributed by atoms with Gasteiger partial charge in [-0.05, 0) is 37.0 Å². The molecule has 0 bridgehead atoms. The zero-order valence-corrected chi connectivity index (χ0v) is 10.2. The number of ether oxygens (including phenoxy) is 1. The van der Waals surface area contributed by atoms with Gasteiger partial charge in [0.1, 0.15) is 5.82 Å². The lowest BCUT2D eigenvalue weighted by atomic mass is 9.99. The van der Waals surface area contributed by atoms with Gasteiger partial charge in [0.15, 0.2) is 0 Å². The Kier molecular flexibility index (Phi) is 3.84. The SMILES string of the molecule is CN(CC1CCOCC1)c1ccc(F)cc1N. The average Bonchev–Trinajstić information content (AvgIpc) is 2.30. The lowest BCUT2D eigenvalue weighted by molar-refractivity contribution is 0.0685. The summed E-state index contributed by atoms with van der Waals surface area (Å²) in [5.41, 5.74) is 7.22. The van der Waals surface area contributed by atoms with Crippen LogP contribution in [-0.4, -0.2) is 26.8 Å². The van der Waals surface area contributed by atoms with Crippen LogP contribution in [0.3, 0.4) is 0 Å². The molecule has 1 aromatic carbocycles. The normalized spacial score (nSPS) is 17.1. The molecule has 3 nitrogen and oxygen atoms in total. The van der Waals surface area contributed by atoms with Crippen molar-refractivity contribution in [1.29, 1.82) is 0 Å². The molecule has 0 spiro atoms. The van der Waals surface area contributed by atoms with Crippen LogP contribution in [0.1, 0.15) is 12.8 Å². The molecule has 1 aliphatic rings. The molecule has 1 aliphatic heterocycles.